The van der Waals surface area contributed by atoms with Gasteiger partial charge in [0.2, 0.25) is 0 Å². The zero-order chi connectivity index (χ0) is 12.0. The quantitative estimate of drug-likeness (QED) is 0.442. The lowest BCUT2D eigenvalue weighted by molar-refractivity contribution is 0.482. The van der Waals surface area contributed by atoms with Crippen molar-refractivity contribution in [1.82, 2.24) is 5.43 Å². The highest BCUT2D eigenvalue weighted by molar-refractivity contribution is 5.29. The van der Waals surface area contributed by atoms with Crippen molar-refractivity contribution in [2.45, 2.75) is 45.6 Å². The second-order valence-electron chi connectivity index (χ2n) is 4.22. The van der Waals surface area contributed by atoms with Crippen molar-refractivity contribution in [3.8, 4) is 0 Å². The molecular weight excluding hydrogens is 203 g/mol. The first kappa shape index (κ1) is 13.1. The normalized spacial score (nSPS) is 12.8. The van der Waals surface area contributed by atoms with E-state index in [1.807, 2.05) is 6.92 Å². The van der Waals surface area contributed by atoms with Crippen molar-refractivity contribution >= 4 is 0 Å². The predicted molar refractivity (Wildman–Crippen MR) is 65.3 cm³/mol. The van der Waals surface area contributed by atoms with Crippen LogP contribution in [0.3, 0.4) is 0 Å². The third-order valence-electron chi connectivity index (χ3n) is 2.91. The third kappa shape index (κ3) is 3.58. The molecule has 1 aromatic rings. The van der Waals surface area contributed by atoms with Gasteiger partial charge in [-0.2, -0.15) is 0 Å². The van der Waals surface area contributed by atoms with E-state index >= 15 is 0 Å². The van der Waals surface area contributed by atoms with Gasteiger partial charge in [0.15, 0.2) is 0 Å². The highest BCUT2D eigenvalue weighted by Crippen LogP contribution is 2.23. The Bertz CT molecular complexity index is 326. The first-order valence-corrected chi connectivity index (χ1v) is 5.91. The van der Waals surface area contributed by atoms with E-state index in [2.05, 4.69) is 12.3 Å². The van der Waals surface area contributed by atoms with Gasteiger partial charge in [0, 0.05) is 6.04 Å². The molecule has 0 fully saturated rings. The lowest BCUT2D eigenvalue weighted by atomic mass is 9.97. The molecule has 0 radical (unpaired) electrons. The first-order valence-electron chi connectivity index (χ1n) is 5.91. The van der Waals surface area contributed by atoms with Crippen molar-refractivity contribution in [2.24, 2.45) is 5.84 Å². The standard InChI is InChI=1S/C13H21FN2/c1-3-4-5-6-13(16-15)12-9-11(14)8-7-10(12)2/h7-9,13,16H,3-6,15H2,1-2H3. The Morgan fingerprint density at radius 2 is 2.12 bits per heavy atom. The average molecular weight is 224 g/mol. The molecule has 3 heteroatoms. The number of benzene rings is 1. The van der Waals surface area contributed by atoms with E-state index in [0.29, 0.717) is 0 Å². The van der Waals surface area contributed by atoms with E-state index < -0.39 is 0 Å². The van der Waals surface area contributed by atoms with Gasteiger partial charge in [0.05, 0.1) is 0 Å². The maximum atomic E-state index is 13.2. The molecule has 16 heavy (non-hydrogen) atoms. The van der Waals surface area contributed by atoms with Gasteiger partial charge in [-0.3, -0.25) is 11.3 Å². The summed E-state index contributed by atoms with van der Waals surface area (Å²) in [6, 6.07) is 4.92. The van der Waals surface area contributed by atoms with Gasteiger partial charge in [-0.05, 0) is 36.6 Å². The summed E-state index contributed by atoms with van der Waals surface area (Å²) >= 11 is 0. The number of halogens is 1. The number of hydrazine groups is 1. The Hall–Kier alpha value is -0.930. The van der Waals surface area contributed by atoms with Crippen molar-refractivity contribution in [2.75, 3.05) is 0 Å². The zero-order valence-electron chi connectivity index (χ0n) is 10.1. The fourth-order valence-electron chi connectivity index (χ4n) is 1.91. The van der Waals surface area contributed by atoms with E-state index in [9.17, 15) is 4.39 Å². The van der Waals surface area contributed by atoms with Crippen molar-refractivity contribution in [1.29, 1.82) is 0 Å². The molecule has 1 unspecified atom stereocenters. The van der Waals surface area contributed by atoms with Crippen LogP contribution < -0.4 is 11.3 Å². The lowest BCUT2D eigenvalue weighted by Crippen LogP contribution is -2.28. The summed E-state index contributed by atoms with van der Waals surface area (Å²) < 4.78 is 13.2. The van der Waals surface area contributed by atoms with Gasteiger partial charge < -0.3 is 0 Å². The van der Waals surface area contributed by atoms with Crippen LogP contribution in [0.4, 0.5) is 4.39 Å². The van der Waals surface area contributed by atoms with Crippen LogP contribution in [0.5, 0.6) is 0 Å². The molecule has 1 atom stereocenters. The Kier molecular flexibility index (Phi) is 5.43. The highest BCUT2D eigenvalue weighted by atomic mass is 19.1. The van der Waals surface area contributed by atoms with E-state index in [0.717, 1.165) is 24.0 Å². The van der Waals surface area contributed by atoms with Crippen LogP contribution >= 0.6 is 0 Å². The predicted octanol–water partition coefficient (Wildman–Crippen LogP) is 3.22. The van der Waals surface area contributed by atoms with E-state index in [-0.39, 0.29) is 11.9 Å². The molecule has 0 aliphatic carbocycles. The van der Waals surface area contributed by atoms with Crippen LogP contribution in [0, 0.1) is 12.7 Å². The van der Waals surface area contributed by atoms with Crippen LogP contribution in [-0.2, 0) is 0 Å². The number of hydrogen-bond acceptors (Lipinski definition) is 2. The van der Waals surface area contributed by atoms with Gasteiger partial charge >= 0.3 is 0 Å². The molecule has 0 aliphatic heterocycles. The van der Waals surface area contributed by atoms with Crippen LogP contribution in [0.2, 0.25) is 0 Å². The van der Waals surface area contributed by atoms with Gasteiger partial charge in [0.1, 0.15) is 5.82 Å². The summed E-state index contributed by atoms with van der Waals surface area (Å²) in [7, 11) is 0. The molecule has 0 aromatic heterocycles. The number of hydrogen-bond donors (Lipinski definition) is 2. The monoisotopic (exact) mass is 224 g/mol. The smallest absolute Gasteiger partial charge is 0.123 e. The molecule has 3 N–H and O–H groups in total. The van der Waals surface area contributed by atoms with Crippen molar-refractivity contribution in [3.05, 3.63) is 35.1 Å². The second-order valence-corrected chi connectivity index (χ2v) is 4.22. The molecule has 90 valence electrons. The summed E-state index contributed by atoms with van der Waals surface area (Å²) in [5.74, 6) is 5.34. The number of aryl methyl sites for hydroxylation is 1. The summed E-state index contributed by atoms with van der Waals surface area (Å²) in [5, 5.41) is 0. The van der Waals surface area contributed by atoms with E-state index in [4.69, 9.17) is 5.84 Å². The number of rotatable bonds is 6. The minimum Gasteiger partial charge on any atom is -0.271 e. The maximum Gasteiger partial charge on any atom is 0.123 e. The van der Waals surface area contributed by atoms with Gasteiger partial charge in [-0.1, -0.05) is 32.3 Å². The van der Waals surface area contributed by atoms with E-state index in [1.165, 1.54) is 18.9 Å². The Morgan fingerprint density at radius 1 is 1.38 bits per heavy atom. The molecule has 0 aliphatic rings. The molecule has 0 saturated heterocycles. The van der Waals surface area contributed by atoms with Crippen LogP contribution in [0.1, 0.15) is 49.8 Å². The topological polar surface area (TPSA) is 38.0 Å². The Morgan fingerprint density at radius 3 is 2.75 bits per heavy atom. The zero-order valence-corrected chi connectivity index (χ0v) is 10.1. The lowest BCUT2D eigenvalue weighted by Gasteiger charge is -2.18. The van der Waals surface area contributed by atoms with Gasteiger partial charge in [0.25, 0.3) is 0 Å². The fourth-order valence-corrected chi connectivity index (χ4v) is 1.91. The second kappa shape index (κ2) is 6.61. The first-order chi connectivity index (χ1) is 7.69. The van der Waals surface area contributed by atoms with Crippen molar-refractivity contribution < 1.29 is 4.39 Å². The Balaban J connectivity index is 2.73. The fraction of sp³-hybridized carbons (Fsp3) is 0.538. The van der Waals surface area contributed by atoms with Crippen molar-refractivity contribution in [3.63, 3.8) is 0 Å². The summed E-state index contributed by atoms with van der Waals surface area (Å²) in [5.41, 5.74) is 4.83. The Labute approximate surface area is 97.0 Å². The molecule has 0 bridgehead atoms. The molecule has 1 rings (SSSR count). The third-order valence-corrected chi connectivity index (χ3v) is 2.91. The molecular formula is C13H21FN2. The van der Waals surface area contributed by atoms with Gasteiger partial charge in [-0.15, -0.1) is 0 Å². The van der Waals surface area contributed by atoms with Crippen LogP contribution in [0.25, 0.3) is 0 Å². The molecule has 0 saturated carbocycles. The van der Waals surface area contributed by atoms with Gasteiger partial charge in [-0.25, -0.2) is 4.39 Å². The number of nitrogens with two attached hydrogens (primary N) is 1. The molecule has 2 nitrogen and oxygen atoms in total. The minimum atomic E-state index is -0.198. The van der Waals surface area contributed by atoms with Crippen LogP contribution in [0.15, 0.2) is 18.2 Å². The molecule has 0 spiro atoms. The summed E-state index contributed by atoms with van der Waals surface area (Å²) in [6.07, 6.45) is 4.43. The van der Waals surface area contributed by atoms with E-state index in [1.54, 1.807) is 12.1 Å². The molecule has 1 aromatic carbocycles. The maximum absolute atomic E-state index is 13.2. The SMILES string of the molecule is CCCCCC(NN)c1cc(F)ccc1C. The largest absolute Gasteiger partial charge is 0.271 e. The number of nitrogens with one attached hydrogen (secondary N) is 1. The molecule has 0 amide bonds. The summed E-state index contributed by atoms with van der Waals surface area (Å²) in [4.78, 5) is 0. The summed E-state index contributed by atoms with van der Waals surface area (Å²) in [6.45, 7) is 4.15. The molecule has 0 heterocycles. The van der Waals surface area contributed by atoms with Crippen LogP contribution in [-0.4, -0.2) is 0 Å². The minimum absolute atomic E-state index is 0.0576. The average Bonchev–Trinajstić information content (AvgIpc) is 2.28. The number of unbranched alkanes of at least 4 members (excludes halogenated alkanes) is 2. The highest BCUT2D eigenvalue weighted by Gasteiger charge is 2.12.